The third-order valence-electron chi connectivity index (χ3n) is 5.65. The molecule has 3 aromatic carbocycles. The summed E-state index contributed by atoms with van der Waals surface area (Å²) in [6.45, 7) is 0. The number of para-hydroxylation sites is 1. The molecule has 0 aliphatic heterocycles. The van der Waals surface area contributed by atoms with Gasteiger partial charge in [0.25, 0.3) is 0 Å². The molecule has 0 saturated carbocycles. The van der Waals surface area contributed by atoms with Crippen LogP contribution in [0, 0.1) is 0 Å². The van der Waals surface area contributed by atoms with Gasteiger partial charge in [0, 0.05) is 17.1 Å². The molecule has 0 bridgehead atoms. The highest BCUT2D eigenvalue weighted by Crippen LogP contribution is 2.24. The van der Waals surface area contributed by atoms with Crippen molar-refractivity contribution >= 4 is 16.8 Å². The van der Waals surface area contributed by atoms with Gasteiger partial charge in [0.1, 0.15) is 5.75 Å². The van der Waals surface area contributed by atoms with Crippen LogP contribution in [0.3, 0.4) is 0 Å². The molecule has 0 saturated heterocycles. The average molecular weight is 438 g/mol. The number of aromatic hydroxyl groups is 1. The largest absolute Gasteiger partial charge is 0.508 e. The number of benzene rings is 3. The van der Waals surface area contributed by atoms with Gasteiger partial charge in [0.05, 0.1) is 30.0 Å². The van der Waals surface area contributed by atoms with Crippen molar-refractivity contribution < 1.29 is 9.90 Å². The van der Waals surface area contributed by atoms with Crippen LogP contribution in [0.15, 0.2) is 91.3 Å². The number of aromatic amines is 1. The van der Waals surface area contributed by atoms with Crippen molar-refractivity contribution in [2.75, 3.05) is 0 Å². The lowest BCUT2D eigenvalue weighted by atomic mass is 10.0. The molecule has 0 aliphatic carbocycles. The lowest BCUT2D eigenvalue weighted by Crippen LogP contribution is -2.32. The Bertz CT molecular complexity index is 1380. The molecule has 0 fully saturated rings. The number of H-pyrrole nitrogens is 1. The first-order valence-corrected chi connectivity index (χ1v) is 10.8. The van der Waals surface area contributed by atoms with E-state index in [-0.39, 0.29) is 24.1 Å². The molecule has 0 aliphatic rings. The molecular formula is C26H23N5O2. The van der Waals surface area contributed by atoms with Crippen LogP contribution in [-0.4, -0.2) is 31.0 Å². The number of phenolic OH excluding ortho intramolecular Hbond substituents is 1. The molecule has 7 nitrogen and oxygen atoms in total. The average Bonchev–Trinajstić information content (AvgIpc) is 3.47. The van der Waals surface area contributed by atoms with E-state index in [9.17, 15) is 9.90 Å². The van der Waals surface area contributed by atoms with E-state index in [1.54, 1.807) is 29.1 Å². The maximum Gasteiger partial charge on any atom is 0.225 e. The van der Waals surface area contributed by atoms with E-state index in [0.29, 0.717) is 6.42 Å². The fraction of sp³-hybridized carbons (Fsp3) is 0.115. The highest BCUT2D eigenvalue weighted by Gasteiger charge is 2.22. The van der Waals surface area contributed by atoms with E-state index in [2.05, 4.69) is 20.6 Å². The Balaban J connectivity index is 1.43. The molecule has 2 aromatic heterocycles. The Morgan fingerprint density at radius 3 is 2.58 bits per heavy atom. The molecule has 5 rings (SSSR count). The van der Waals surface area contributed by atoms with E-state index in [1.807, 2.05) is 66.9 Å². The molecule has 1 amide bonds. The maximum absolute atomic E-state index is 13.1. The summed E-state index contributed by atoms with van der Waals surface area (Å²) in [4.78, 5) is 16.3. The third kappa shape index (κ3) is 4.48. The molecule has 2 heterocycles. The van der Waals surface area contributed by atoms with Gasteiger partial charge < -0.3 is 15.4 Å². The van der Waals surface area contributed by atoms with E-state index in [4.69, 9.17) is 0 Å². The molecule has 0 spiro atoms. The summed E-state index contributed by atoms with van der Waals surface area (Å²) >= 11 is 0. The van der Waals surface area contributed by atoms with Crippen LogP contribution in [0.1, 0.15) is 22.9 Å². The summed E-state index contributed by atoms with van der Waals surface area (Å²) in [6.07, 6.45) is 4.29. The van der Waals surface area contributed by atoms with Gasteiger partial charge in [0.2, 0.25) is 5.91 Å². The Labute approximate surface area is 190 Å². The second kappa shape index (κ2) is 9.00. The minimum absolute atomic E-state index is 0.124. The predicted octanol–water partition coefficient (Wildman–Crippen LogP) is 4.10. The topological polar surface area (TPSA) is 95.8 Å². The number of hydrogen-bond donors (Lipinski definition) is 3. The molecule has 5 aromatic rings. The highest BCUT2D eigenvalue weighted by atomic mass is 16.3. The SMILES string of the molecule is O=C(Cc1c[nH]c2ccc(O)cc12)NC(Cc1ccccc1)c1cnnn1-c1ccccc1. The Morgan fingerprint density at radius 1 is 1.03 bits per heavy atom. The molecule has 164 valence electrons. The zero-order valence-corrected chi connectivity index (χ0v) is 17.8. The lowest BCUT2D eigenvalue weighted by Gasteiger charge is -2.20. The second-order valence-electron chi connectivity index (χ2n) is 7.94. The number of fused-ring (bicyclic) bond motifs is 1. The summed E-state index contributed by atoms with van der Waals surface area (Å²) < 4.78 is 1.76. The number of carbonyl (C=O) groups is 1. The first-order chi connectivity index (χ1) is 16.2. The molecule has 1 unspecified atom stereocenters. The number of hydrogen-bond acceptors (Lipinski definition) is 4. The summed E-state index contributed by atoms with van der Waals surface area (Å²) in [5, 5.41) is 22.3. The lowest BCUT2D eigenvalue weighted by molar-refractivity contribution is -0.121. The predicted molar refractivity (Wildman–Crippen MR) is 126 cm³/mol. The van der Waals surface area contributed by atoms with Gasteiger partial charge in [0.15, 0.2) is 0 Å². The van der Waals surface area contributed by atoms with Crippen molar-refractivity contribution in [3.8, 4) is 11.4 Å². The third-order valence-corrected chi connectivity index (χ3v) is 5.65. The van der Waals surface area contributed by atoms with Gasteiger partial charge in [-0.3, -0.25) is 4.79 Å². The second-order valence-corrected chi connectivity index (χ2v) is 7.94. The number of amides is 1. The van der Waals surface area contributed by atoms with Gasteiger partial charge in [-0.1, -0.05) is 53.7 Å². The number of phenols is 1. The Kier molecular flexibility index (Phi) is 5.59. The Hall–Kier alpha value is -4.39. The number of nitrogens with one attached hydrogen (secondary N) is 2. The minimum atomic E-state index is -0.325. The van der Waals surface area contributed by atoms with Crippen LogP contribution in [0.2, 0.25) is 0 Å². The van der Waals surface area contributed by atoms with Crippen LogP contribution in [-0.2, 0) is 17.6 Å². The molecule has 0 radical (unpaired) electrons. The zero-order chi connectivity index (χ0) is 22.6. The van der Waals surface area contributed by atoms with E-state index in [1.165, 1.54) is 0 Å². The van der Waals surface area contributed by atoms with Crippen molar-refractivity contribution in [3.05, 3.63) is 108 Å². The fourth-order valence-electron chi connectivity index (χ4n) is 4.06. The van der Waals surface area contributed by atoms with Gasteiger partial charge >= 0.3 is 0 Å². The number of carbonyl (C=O) groups excluding carboxylic acids is 1. The van der Waals surface area contributed by atoms with Crippen molar-refractivity contribution in [3.63, 3.8) is 0 Å². The first-order valence-electron chi connectivity index (χ1n) is 10.8. The smallest absolute Gasteiger partial charge is 0.225 e. The van der Waals surface area contributed by atoms with Crippen molar-refractivity contribution in [2.24, 2.45) is 0 Å². The maximum atomic E-state index is 13.1. The van der Waals surface area contributed by atoms with Crippen LogP contribution in [0.5, 0.6) is 5.75 Å². The van der Waals surface area contributed by atoms with Crippen LogP contribution in [0.25, 0.3) is 16.6 Å². The Morgan fingerprint density at radius 2 is 1.79 bits per heavy atom. The molecule has 7 heteroatoms. The normalized spacial score (nSPS) is 12.0. The fourth-order valence-corrected chi connectivity index (χ4v) is 4.06. The van der Waals surface area contributed by atoms with Crippen LogP contribution in [0.4, 0.5) is 0 Å². The molecule has 1 atom stereocenters. The highest BCUT2D eigenvalue weighted by molar-refractivity contribution is 5.89. The van der Waals surface area contributed by atoms with Gasteiger partial charge in [-0.15, -0.1) is 5.10 Å². The summed E-state index contributed by atoms with van der Waals surface area (Å²) in [6, 6.07) is 24.5. The van der Waals surface area contributed by atoms with Gasteiger partial charge in [-0.25, -0.2) is 4.68 Å². The quantitative estimate of drug-likeness (QED) is 0.357. The van der Waals surface area contributed by atoms with Gasteiger partial charge in [-0.05, 0) is 47.9 Å². The first kappa shape index (κ1) is 20.5. The van der Waals surface area contributed by atoms with Crippen LogP contribution < -0.4 is 5.32 Å². The molecule has 3 N–H and O–H groups in total. The van der Waals surface area contributed by atoms with Crippen molar-refractivity contribution in [2.45, 2.75) is 18.9 Å². The standard InChI is InChI=1S/C26H23N5O2/c32-21-11-12-23-22(15-21)19(16-27-23)14-26(33)29-24(13-18-7-3-1-4-8-18)25-17-28-30-31(25)20-9-5-2-6-10-20/h1-12,15-17,24,27,32H,13-14H2,(H,29,33). The van der Waals surface area contributed by atoms with E-state index >= 15 is 0 Å². The number of nitrogens with zero attached hydrogens (tertiary/aromatic N) is 3. The molecule has 33 heavy (non-hydrogen) atoms. The zero-order valence-electron chi connectivity index (χ0n) is 17.8. The van der Waals surface area contributed by atoms with Crippen LogP contribution >= 0.6 is 0 Å². The summed E-state index contributed by atoms with van der Waals surface area (Å²) in [5.41, 5.74) is 4.48. The summed E-state index contributed by atoms with van der Waals surface area (Å²) in [7, 11) is 0. The van der Waals surface area contributed by atoms with Crippen molar-refractivity contribution in [1.29, 1.82) is 0 Å². The summed E-state index contributed by atoms with van der Waals surface area (Å²) in [5.74, 6) is 0.0459. The van der Waals surface area contributed by atoms with E-state index in [0.717, 1.165) is 33.4 Å². The molecular weight excluding hydrogens is 414 g/mol. The van der Waals surface area contributed by atoms with Gasteiger partial charge in [-0.2, -0.15) is 0 Å². The monoisotopic (exact) mass is 437 g/mol. The number of aromatic nitrogens is 4. The minimum Gasteiger partial charge on any atom is -0.508 e. The van der Waals surface area contributed by atoms with Crippen molar-refractivity contribution in [1.82, 2.24) is 25.3 Å². The van der Waals surface area contributed by atoms with E-state index < -0.39 is 0 Å². The number of rotatable bonds is 7.